The van der Waals surface area contributed by atoms with E-state index in [-0.39, 0.29) is 12.4 Å². The molecule has 0 radical (unpaired) electrons. The van der Waals surface area contributed by atoms with Crippen molar-refractivity contribution in [3.8, 4) is 6.07 Å². The van der Waals surface area contributed by atoms with Gasteiger partial charge in [0, 0.05) is 44.3 Å². The maximum atomic E-state index is 14.0. The Hall–Kier alpha value is -2.39. The normalized spacial score (nSPS) is 20.9. The zero-order chi connectivity index (χ0) is 17.6. The highest BCUT2D eigenvalue weighted by Gasteiger charge is 2.29. The van der Waals surface area contributed by atoms with Gasteiger partial charge in [-0.15, -0.1) is 0 Å². The van der Waals surface area contributed by atoms with Crippen molar-refractivity contribution < 1.29 is 4.39 Å². The third kappa shape index (κ3) is 4.18. The van der Waals surface area contributed by atoms with Crippen LogP contribution in [0.1, 0.15) is 24.5 Å². The summed E-state index contributed by atoms with van der Waals surface area (Å²) < 4.78 is 14.0. The zero-order valence-corrected chi connectivity index (χ0v) is 14.6. The second kappa shape index (κ2) is 8.13. The second-order valence-electron chi connectivity index (χ2n) is 6.40. The Bertz CT molecular complexity index is 698. The molecule has 2 aliphatic heterocycles. The molecule has 0 amide bonds. The number of nitrogens with one attached hydrogen (secondary N) is 1. The molecule has 1 atom stereocenters. The van der Waals surface area contributed by atoms with E-state index in [4.69, 9.17) is 5.26 Å². The third-order valence-electron chi connectivity index (χ3n) is 4.74. The fourth-order valence-corrected chi connectivity index (χ4v) is 3.36. The van der Waals surface area contributed by atoms with E-state index in [9.17, 15) is 4.39 Å². The summed E-state index contributed by atoms with van der Waals surface area (Å²) in [5, 5.41) is 12.1. The Morgan fingerprint density at radius 3 is 2.88 bits per heavy atom. The average molecular weight is 341 g/mol. The van der Waals surface area contributed by atoms with Crippen molar-refractivity contribution in [1.82, 2.24) is 15.1 Å². The quantitative estimate of drug-likeness (QED) is 0.518. The van der Waals surface area contributed by atoms with E-state index in [0.717, 1.165) is 45.1 Å². The van der Waals surface area contributed by atoms with Crippen LogP contribution in [0.25, 0.3) is 0 Å². The molecule has 0 spiro atoms. The molecule has 0 saturated carbocycles. The molecule has 1 N–H and O–H groups in total. The van der Waals surface area contributed by atoms with Gasteiger partial charge in [-0.2, -0.15) is 5.26 Å². The van der Waals surface area contributed by atoms with Gasteiger partial charge in [-0.25, -0.2) is 9.38 Å². The lowest BCUT2D eigenvalue weighted by molar-refractivity contribution is 0.259. The largest absolute Gasteiger partial charge is 0.357 e. The van der Waals surface area contributed by atoms with Gasteiger partial charge in [0.25, 0.3) is 0 Å². The first-order valence-corrected chi connectivity index (χ1v) is 8.82. The topological polar surface area (TPSA) is 54.7 Å². The Balaban J connectivity index is 1.66. The van der Waals surface area contributed by atoms with Gasteiger partial charge in [0.1, 0.15) is 5.82 Å². The zero-order valence-electron chi connectivity index (χ0n) is 14.6. The monoisotopic (exact) mass is 341 g/mol. The minimum atomic E-state index is -0.374. The molecule has 2 heterocycles. The molecule has 132 valence electrons. The number of nitriles is 1. The van der Waals surface area contributed by atoms with Crippen LogP contribution in [-0.2, 0) is 6.54 Å². The van der Waals surface area contributed by atoms with E-state index in [1.54, 1.807) is 12.1 Å². The lowest BCUT2D eigenvalue weighted by Gasteiger charge is -2.25. The van der Waals surface area contributed by atoms with Crippen LogP contribution in [0.2, 0.25) is 0 Å². The minimum Gasteiger partial charge on any atom is -0.357 e. The number of guanidine groups is 1. The van der Waals surface area contributed by atoms with E-state index < -0.39 is 0 Å². The summed E-state index contributed by atoms with van der Waals surface area (Å²) in [4.78, 5) is 9.35. The van der Waals surface area contributed by atoms with Crippen molar-refractivity contribution in [3.05, 3.63) is 47.3 Å². The minimum absolute atomic E-state index is 0.270. The average Bonchev–Trinajstić information content (AvgIpc) is 3.30. The summed E-state index contributed by atoms with van der Waals surface area (Å²) in [7, 11) is 0. The smallest absolute Gasteiger partial charge is 0.194 e. The standard InChI is InChI=1S/C19H24FN5/c1-2-22-19(23-13-16-6-5-15(12-21)11-18(16)20)25-10-7-17(14-25)24-8-3-4-9-24/h3-6,11,17H,2,7-10,13-14H2,1H3,(H,22,23). The van der Waals surface area contributed by atoms with Crippen molar-refractivity contribution in [2.75, 3.05) is 32.7 Å². The van der Waals surface area contributed by atoms with Crippen LogP contribution < -0.4 is 5.32 Å². The summed E-state index contributed by atoms with van der Waals surface area (Å²) in [6, 6.07) is 7.04. The van der Waals surface area contributed by atoms with Crippen molar-refractivity contribution >= 4 is 5.96 Å². The highest BCUT2D eigenvalue weighted by Crippen LogP contribution is 2.18. The lowest BCUT2D eigenvalue weighted by atomic mass is 10.1. The second-order valence-corrected chi connectivity index (χ2v) is 6.40. The summed E-state index contributed by atoms with van der Waals surface area (Å²) >= 11 is 0. The summed E-state index contributed by atoms with van der Waals surface area (Å²) in [6.07, 6.45) is 5.56. The van der Waals surface area contributed by atoms with Crippen LogP contribution in [0.5, 0.6) is 0 Å². The molecule has 5 nitrogen and oxygen atoms in total. The van der Waals surface area contributed by atoms with E-state index in [1.165, 1.54) is 6.07 Å². The Labute approximate surface area is 148 Å². The Morgan fingerprint density at radius 2 is 2.20 bits per heavy atom. The van der Waals surface area contributed by atoms with E-state index in [0.29, 0.717) is 17.2 Å². The molecule has 2 aliphatic rings. The first kappa shape index (κ1) is 17.4. The molecule has 1 fully saturated rings. The fraction of sp³-hybridized carbons (Fsp3) is 0.474. The number of hydrogen-bond acceptors (Lipinski definition) is 3. The summed E-state index contributed by atoms with van der Waals surface area (Å²) in [6.45, 7) is 7.06. The van der Waals surface area contributed by atoms with Crippen LogP contribution >= 0.6 is 0 Å². The summed E-state index contributed by atoms with van der Waals surface area (Å²) in [5.41, 5.74) is 0.840. The van der Waals surface area contributed by atoms with Crippen molar-refractivity contribution in [2.45, 2.75) is 25.9 Å². The van der Waals surface area contributed by atoms with Gasteiger partial charge < -0.3 is 10.2 Å². The number of hydrogen-bond donors (Lipinski definition) is 1. The van der Waals surface area contributed by atoms with Crippen molar-refractivity contribution in [2.24, 2.45) is 4.99 Å². The molecule has 0 bridgehead atoms. The van der Waals surface area contributed by atoms with Crippen molar-refractivity contribution in [1.29, 1.82) is 5.26 Å². The van der Waals surface area contributed by atoms with Gasteiger partial charge in [0.2, 0.25) is 0 Å². The number of likely N-dealkylation sites (tertiary alicyclic amines) is 1. The maximum absolute atomic E-state index is 14.0. The molecule has 1 aromatic rings. The molecule has 3 rings (SSSR count). The number of benzene rings is 1. The van der Waals surface area contributed by atoms with E-state index in [2.05, 4.69) is 32.3 Å². The van der Waals surface area contributed by atoms with Gasteiger partial charge in [0.05, 0.1) is 18.2 Å². The first-order valence-electron chi connectivity index (χ1n) is 8.82. The molecule has 1 aromatic carbocycles. The van der Waals surface area contributed by atoms with Crippen LogP contribution in [0.3, 0.4) is 0 Å². The van der Waals surface area contributed by atoms with Gasteiger partial charge in [-0.1, -0.05) is 18.2 Å². The molecule has 0 aliphatic carbocycles. The van der Waals surface area contributed by atoms with Crippen LogP contribution in [0.15, 0.2) is 35.3 Å². The fourth-order valence-electron chi connectivity index (χ4n) is 3.36. The first-order chi connectivity index (χ1) is 12.2. The van der Waals surface area contributed by atoms with Gasteiger partial charge >= 0.3 is 0 Å². The molecule has 1 unspecified atom stereocenters. The SMILES string of the molecule is CCNC(=NCc1ccc(C#N)cc1F)N1CCC(N2CC=CC2)C1. The summed E-state index contributed by atoms with van der Waals surface area (Å²) in [5.74, 6) is 0.460. The van der Waals surface area contributed by atoms with E-state index >= 15 is 0 Å². The van der Waals surface area contributed by atoms with E-state index in [1.807, 2.05) is 13.0 Å². The van der Waals surface area contributed by atoms with Crippen LogP contribution in [0.4, 0.5) is 4.39 Å². The van der Waals surface area contributed by atoms with Crippen molar-refractivity contribution in [3.63, 3.8) is 0 Å². The number of rotatable bonds is 4. The Kier molecular flexibility index (Phi) is 5.67. The highest BCUT2D eigenvalue weighted by molar-refractivity contribution is 5.80. The highest BCUT2D eigenvalue weighted by atomic mass is 19.1. The third-order valence-corrected chi connectivity index (χ3v) is 4.74. The van der Waals surface area contributed by atoms with Gasteiger partial charge in [-0.05, 0) is 25.5 Å². The lowest BCUT2D eigenvalue weighted by Crippen LogP contribution is -2.42. The predicted molar refractivity (Wildman–Crippen MR) is 96.6 cm³/mol. The number of halogens is 1. The molecule has 6 heteroatoms. The number of aliphatic imine (C=N–C) groups is 1. The molecule has 25 heavy (non-hydrogen) atoms. The molecular weight excluding hydrogens is 317 g/mol. The predicted octanol–water partition coefficient (Wildman–Crippen LogP) is 2.11. The van der Waals surface area contributed by atoms with Gasteiger partial charge in [0.15, 0.2) is 5.96 Å². The molecular formula is C19H24FN5. The maximum Gasteiger partial charge on any atom is 0.194 e. The molecule has 1 saturated heterocycles. The van der Waals surface area contributed by atoms with Crippen LogP contribution in [-0.4, -0.2) is 54.5 Å². The van der Waals surface area contributed by atoms with Crippen LogP contribution in [0, 0.1) is 17.1 Å². The Morgan fingerprint density at radius 1 is 1.40 bits per heavy atom. The van der Waals surface area contributed by atoms with Gasteiger partial charge in [-0.3, -0.25) is 4.90 Å². The number of nitrogens with zero attached hydrogens (tertiary/aromatic N) is 4. The molecule has 0 aromatic heterocycles.